The Morgan fingerprint density at radius 1 is 0.957 bits per heavy atom. The molecule has 0 unspecified atom stereocenters. The van der Waals surface area contributed by atoms with Gasteiger partial charge in [-0.1, -0.05) is 17.7 Å². The fraction of sp³-hybridized carbons (Fsp3) is 0.625. The van der Waals surface area contributed by atoms with E-state index in [-0.39, 0.29) is 12.2 Å². The predicted molar refractivity (Wildman–Crippen MR) is 87.7 cm³/mol. The largest absolute Gasteiger partial charge is 0.489 e. The van der Waals surface area contributed by atoms with Crippen molar-refractivity contribution in [2.45, 2.75) is 12.2 Å². The van der Waals surface area contributed by atoms with Gasteiger partial charge in [0.15, 0.2) is 0 Å². The Hall–Kier alpha value is -1.05. The van der Waals surface area contributed by atoms with Crippen LogP contribution in [0.2, 0.25) is 5.02 Å². The Bertz CT molecular complexity index is 451. The molecule has 128 valence electrons. The van der Waals surface area contributed by atoms with Crippen LogP contribution in [-0.2, 0) is 9.47 Å². The van der Waals surface area contributed by atoms with Gasteiger partial charge in [0, 0.05) is 26.2 Å². The molecule has 2 N–H and O–H groups in total. The Balaban J connectivity index is 1.52. The third-order valence-electron chi connectivity index (χ3n) is 3.79. The van der Waals surface area contributed by atoms with Crippen LogP contribution in [0.4, 0.5) is 0 Å². The van der Waals surface area contributed by atoms with Crippen molar-refractivity contribution in [1.29, 1.82) is 0 Å². The molecule has 2 heterocycles. The van der Waals surface area contributed by atoms with Gasteiger partial charge in [0.05, 0.1) is 13.2 Å². The molecule has 23 heavy (non-hydrogen) atoms. The summed E-state index contributed by atoms with van der Waals surface area (Å²) in [5, 5.41) is 7.03. The zero-order valence-electron chi connectivity index (χ0n) is 13.1. The number of ether oxygens (including phenoxy) is 4. The Morgan fingerprint density at radius 2 is 1.48 bits per heavy atom. The summed E-state index contributed by atoms with van der Waals surface area (Å²) in [6, 6.07) is 5.55. The number of hydrogen-bond donors (Lipinski definition) is 2. The molecule has 0 aromatic heterocycles. The normalized spacial score (nSPS) is 25.1. The van der Waals surface area contributed by atoms with Crippen LogP contribution in [0.15, 0.2) is 18.2 Å². The average Bonchev–Trinajstić information content (AvgIpc) is 2.61. The molecule has 0 spiro atoms. The summed E-state index contributed by atoms with van der Waals surface area (Å²) in [5.74, 6) is 1.22. The first kappa shape index (κ1) is 16.8. The molecule has 0 radical (unpaired) electrons. The van der Waals surface area contributed by atoms with Gasteiger partial charge in [0.25, 0.3) is 0 Å². The third-order valence-corrected chi connectivity index (χ3v) is 4.16. The van der Waals surface area contributed by atoms with Gasteiger partial charge in [-0.05, 0) is 12.1 Å². The van der Waals surface area contributed by atoms with Gasteiger partial charge in [-0.25, -0.2) is 0 Å². The highest BCUT2D eigenvalue weighted by atomic mass is 35.5. The second kappa shape index (κ2) is 8.70. The van der Waals surface area contributed by atoms with E-state index in [1.807, 2.05) is 18.2 Å². The van der Waals surface area contributed by atoms with Gasteiger partial charge in [0.2, 0.25) is 0 Å². The van der Waals surface area contributed by atoms with Crippen LogP contribution < -0.4 is 20.1 Å². The molecule has 7 heteroatoms. The fourth-order valence-corrected chi connectivity index (χ4v) is 2.77. The van der Waals surface area contributed by atoms with Crippen LogP contribution >= 0.6 is 11.6 Å². The highest BCUT2D eigenvalue weighted by molar-refractivity contribution is 6.33. The van der Waals surface area contributed by atoms with Crippen molar-refractivity contribution in [2.75, 3.05) is 52.6 Å². The van der Waals surface area contributed by atoms with Gasteiger partial charge in [-0.2, -0.15) is 0 Å². The molecule has 2 saturated heterocycles. The summed E-state index contributed by atoms with van der Waals surface area (Å²) in [6.07, 6.45) is 0.0946. The van der Waals surface area contributed by atoms with E-state index in [4.69, 9.17) is 30.5 Å². The van der Waals surface area contributed by atoms with E-state index in [9.17, 15) is 0 Å². The minimum Gasteiger partial charge on any atom is -0.489 e. The first-order chi connectivity index (χ1) is 11.3. The molecule has 2 aliphatic heterocycles. The van der Waals surface area contributed by atoms with Crippen LogP contribution in [0.25, 0.3) is 0 Å². The molecule has 0 saturated carbocycles. The standard InChI is InChI=1S/C16H23ClN2O4/c17-16-14(22-10-12-8-18-4-6-20-12)2-1-3-15(16)23-11-13-9-19-5-7-21-13/h1-3,12-13,18-19H,4-11H2/t12-,13-/m0/s1. The Morgan fingerprint density at radius 3 is 1.91 bits per heavy atom. The van der Waals surface area contributed by atoms with Crippen LogP contribution in [0, 0.1) is 0 Å². The summed E-state index contributed by atoms with van der Waals surface area (Å²) in [6.45, 7) is 5.70. The number of halogens is 1. The number of morpholine rings is 2. The first-order valence-electron chi connectivity index (χ1n) is 8.01. The molecule has 0 amide bonds. The molecule has 3 rings (SSSR count). The number of hydrogen-bond acceptors (Lipinski definition) is 6. The average molecular weight is 343 g/mol. The SMILES string of the molecule is Clc1c(OC[C@@H]2CNCCO2)cccc1OC[C@@H]1CNCCO1. The van der Waals surface area contributed by atoms with Crippen LogP contribution in [-0.4, -0.2) is 64.8 Å². The smallest absolute Gasteiger partial charge is 0.141 e. The van der Waals surface area contributed by atoms with E-state index < -0.39 is 0 Å². The van der Waals surface area contributed by atoms with E-state index >= 15 is 0 Å². The van der Waals surface area contributed by atoms with Gasteiger partial charge in [-0.3, -0.25) is 0 Å². The highest BCUT2D eigenvalue weighted by Gasteiger charge is 2.18. The first-order valence-corrected chi connectivity index (χ1v) is 8.39. The summed E-state index contributed by atoms with van der Waals surface area (Å²) in [7, 11) is 0. The van der Waals surface area contributed by atoms with Crippen molar-refractivity contribution in [3.8, 4) is 11.5 Å². The zero-order valence-corrected chi connectivity index (χ0v) is 13.8. The molecule has 6 nitrogen and oxygen atoms in total. The second-order valence-corrected chi connectivity index (χ2v) is 5.96. The summed E-state index contributed by atoms with van der Waals surface area (Å²) in [4.78, 5) is 0. The Labute approximate surface area is 141 Å². The van der Waals surface area contributed by atoms with E-state index in [1.165, 1.54) is 0 Å². The maximum atomic E-state index is 6.38. The molecular weight excluding hydrogens is 320 g/mol. The lowest BCUT2D eigenvalue weighted by molar-refractivity contribution is -0.00127. The van der Waals surface area contributed by atoms with Crippen molar-refractivity contribution in [3.05, 3.63) is 23.2 Å². The van der Waals surface area contributed by atoms with Crippen molar-refractivity contribution in [2.24, 2.45) is 0 Å². The quantitative estimate of drug-likeness (QED) is 0.806. The Kier molecular flexibility index (Phi) is 6.36. The molecule has 1 aromatic rings. The van der Waals surface area contributed by atoms with Gasteiger partial charge in [0.1, 0.15) is 41.9 Å². The van der Waals surface area contributed by atoms with Gasteiger partial charge in [-0.15, -0.1) is 0 Å². The van der Waals surface area contributed by atoms with Crippen LogP contribution in [0.3, 0.4) is 0 Å². The van der Waals surface area contributed by atoms with E-state index in [0.717, 1.165) is 26.2 Å². The van der Waals surface area contributed by atoms with Crippen molar-refractivity contribution >= 4 is 11.6 Å². The highest BCUT2D eigenvalue weighted by Crippen LogP contribution is 2.34. The molecule has 0 aliphatic carbocycles. The monoisotopic (exact) mass is 342 g/mol. The predicted octanol–water partition coefficient (Wildman–Crippen LogP) is 1.07. The second-order valence-electron chi connectivity index (χ2n) is 5.58. The molecule has 2 fully saturated rings. The molecule has 2 atom stereocenters. The molecular formula is C16H23ClN2O4. The number of benzene rings is 1. The number of nitrogens with one attached hydrogen (secondary N) is 2. The zero-order chi connectivity index (χ0) is 15.9. The molecule has 2 aliphatic rings. The topological polar surface area (TPSA) is 61.0 Å². The lowest BCUT2D eigenvalue weighted by atomic mass is 10.3. The van der Waals surface area contributed by atoms with E-state index in [0.29, 0.717) is 42.9 Å². The summed E-state index contributed by atoms with van der Waals surface area (Å²) >= 11 is 6.38. The maximum absolute atomic E-state index is 6.38. The maximum Gasteiger partial charge on any atom is 0.141 e. The third kappa shape index (κ3) is 4.96. The molecule has 1 aromatic carbocycles. The van der Waals surface area contributed by atoms with Gasteiger partial charge < -0.3 is 29.6 Å². The fourth-order valence-electron chi connectivity index (χ4n) is 2.53. The minimum absolute atomic E-state index is 0.0473. The minimum atomic E-state index is 0.0473. The lowest BCUT2D eigenvalue weighted by Gasteiger charge is -2.25. The van der Waals surface area contributed by atoms with Crippen molar-refractivity contribution in [1.82, 2.24) is 10.6 Å². The van der Waals surface area contributed by atoms with E-state index in [1.54, 1.807) is 0 Å². The lowest BCUT2D eigenvalue weighted by Crippen LogP contribution is -2.41. The van der Waals surface area contributed by atoms with E-state index in [2.05, 4.69) is 10.6 Å². The molecule has 0 bridgehead atoms. The van der Waals surface area contributed by atoms with Crippen LogP contribution in [0.1, 0.15) is 0 Å². The van der Waals surface area contributed by atoms with Crippen molar-refractivity contribution < 1.29 is 18.9 Å². The number of rotatable bonds is 6. The summed E-state index contributed by atoms with van der Waals surface area (Å²) in [5.41, 5.74) is 0. The summed E-state index contributed by atoms with van der Waals surface area (Å²) < 4.78 is 22.8. The van der Waals surface area contributed by atoms with Gasteiger partial charge >= 0.3 is 0 Å². The van der Waals surface area contributed by atoms with Crippen molar-refractivity contribution in [3.63, 3.8) is 0 Å². The van der Waals surface area contributed by atoms with Crippen LogP contribution in [0.5, 0.6) is 11.5 Å².